The molecule has 96 valence electrons. The molecule has 4 heteroatoms. The molecule has 0 bridgehead atoms. The second kappa shape index (κ2) is 20.1. The molecule has 0 aromatic rings. The van der Waals surface area contributed by atoms with Crippen LogP contribution in [-0.4, -0.2) is 18.9 Å². The van der Waals surface area contributed by atoms with Crippen LogP contribution < -0.4 is 0 Å². The first-order valence-corrected chi connectivity index (χ1v) is 5.29. The Morgan fingerprint density at radius 3 is 1.76 bits per heavy atom. The zero-order valence-electron chi connectivity index (χ0n) is 11.1. The van der Waals surface area contributed by atoms with Crippen LogP contribution in [0.1, 0.15) is 32.1 Å². The van der Waals surface area contributed by atoms with Crippen LogP contribution in [-0.2, 0) is 4.74 Å². The SMILES string of the molecule is [CH2-]CCC(=N)C1CCC1.[CH2-]COC[CH2-].[CH3-].[U+2].[U+2]. The van der Waals surface area contributed by atoms with E-state index < -0.39 is 0 Å². The Labute approximate surface area is 156 Å². The van der Waals surface area contributed by atoms with Crippen molar-refractivity contribution in [3.8, 4) is 0 Å². The molecule has 1 aliphatic carbocycles. The van der Waals surface area contributed by atoms with Crippen LogP contribution in [0, 0.1) is 102 Å². The van der Waals surface area contributed by atoms with Gasteiger partial charge in [-0.15, -0.1) is 0 Å². The summed E-state index contributed by atoms with van der Waals surface area (Å²) in [6, 6.07) is 0. The van der Waals surface area contributed by atoms with Gasteiger partial charge in [0.05, 0.1) is 0 Å². The summed E-state index contributed by atoms with van der Waals surface area (Å²) < 4.78 is 4.61. The summed E-state index contributed by atoms with van der Waals surface area (Å²) in [5.41, 5.74) is 0.941. The second-order valence-electron chi connectivity index (χ2n) is 3.37. The summed E-state index contributed by atoms with van der Waals surface area (Å²) >= 11 is 0. The fourth-order valence-corrected chi connectivity index (χ4v) is 1.25. The molecule has 0 atom stereocenters. The van der Waals surface area contributed by atoms with Crippen molar-refractivity contribution in [2.45, 2.75) is 32.1 Å². The van der Waals surface area contributed by atoms with Gasteiger partial charge < -0.3 is 38.3 Å². The van der Waals surface area contributed by atoms with E-state index in [1.165, 1.54) is 19.3 Å². The third kappa shape index (κ3) is 15.7. The summed E-state index contributed by atoms with van der Waals surface area (Å²) in [6.07, 6.45) is 5.68. The smallest absolute Gasteiger partial charge is 0.445 e. The van der Waals surface area contributed by atoms with Crippen molar-refractivity contribution < 1.29 is 67.0 Å². The van der Waals surface area contributed by atoms with Crippen LogP contribution >= 0.6 is 0 Å². The zero-order chi connectivity index (χ0) is 10.8. The maximum Gasteiger partial charge on any atom is 2.00 e. The molecule has 0 unspecified atom stereocenters. The van der Waals surface area contributed by atoms with Gasteiger partial charge in [0.1, 0.15) is 0 Å². The van der Waals surface area contributed by atoms with Crippen molar-refractivity contribution in [3.05, 3.63) is 28.2 Å². The molecule has 1 fully saturated rings. The Hall–Kier alpha value is 1.73. The van der Waals surface area contributed by atoms with Gasteiger partial charge >= 0.3 is 62.2 Å². The number of hydrogen-bond acceptors (Lipinski definition) is 2. The second-order valence-corrected chi connectivity index (χ2v) is 3.37. The van der Waals surface area contributed by atoms with E-state index in [9.17, 15) is 0 Å². The zero-order valence-corrected chi connectivity index (χ0v) is 19.4. The minimum Gasteiger partial charge on any atom is -0.445 e. The standard InChI is InChI=1S/C8H14N.C4H8O.CH3.2U/c1-2-4-8(9)7-5-3-6-7;1-3-5-4-2;;;/h7,9H,1-6H2;1-4H2;1H3;;/q-1;-2;-1;2*+2. The average Bonchev–Trinajstić information content (AvgIpc) is 2.04. The molecule has 17 heavy (non-hydrogen) atoms. The van der Waals surface area contributed by atoms with Crippen molar-refractivity contribution in [1.29, 1.82) is 5.41 Å². The quantitative estimate of drug-likeness (QED) is 0.349. The van der Waals surface area contributed by atoms with E-state index in [1.807, 2.05) is 0 Å². The van der Waals surface area contributed by atoms with Gasteiger partial charge in [-0.25, -0.2) is 0 Å². The Kier molecular flexibility index (Phi) is 32.0. The van der Waals surface area contributed by atoms with Crippen molar-refractivity contribution in [1.82, 2.24) is 0 Å². The predicted molar refractivity (Wildman–Crippen MR) is 67.6 cm³/mol. The van der Waals surface area contributed by atoms with E-state index in [-0.39, 0.29) is 69.7 Å². The fourth-order valence-electron chi connectivity index (χ4n) is 1.25. The van der Waals surface area contributed by atoms with Gasteiger partial charge in [0.15, 0.2) is 0 Å². The molecule has 1 rings (SSSR count). The van der Waals surface area contributed by atoms with Gasteiger partial charge in [0, 0.05) is 5.71 Å². The molecule has 0 radical (unpaired) electrons. The molecular formula is C13H25NOU2. The molecule has 0 aromatic carbocycles. The van der Waals surface area contributed by atoms with Crippen LogP contribution in [0.2, 0.25) is 0 Å². The summed E-state index contributed by atoms with van der Waals surface area (Å²) in [4.78, 5) is 0. The summed E-state index contributed by atoms with van der Waals surface area (Å²) in [6.45, 7) is 11.6. The van der Waals surface area contributed by atoms with Gasteiger partial charge in [0.2, 0.25) is 0 Å². The Morgan fingerprint density at radius 2 is 1.59 bits per heavy atom. The molecule has 0 saturated heterocycles. The average molecular weight is 687 g/mol. The van der Waals surface area contributed by atoms with Crippen molar-refractivity contribution in [2.75, 3.05) is 13.2 Å². The third-order valence-corrected chi connectivity index (χ3v) is 2.33. The minimum absolute atomic E-state index is 0. The minimum atomic E-state index is 0. The molecule has 2 nitrogen and oxygen atoms in total. The molecule has 0 aliphatic heterocycles. The van der Waals surface area contributed by atoms with E-state index in [1.54, 1.807) is 0 Å². The van der Waals surface area contributed by atoms with E-state index in [0.29, 0.717) is 19.1 Å². The van der Waals surface area contributed by atoms with Crippen LogP contribution in [0.5, 0.6) is 0 Å². The maximum atomic E-state index is 7.51. The number of nitrogens with one attached hydrogen (secondary N) is 1. The molecule has 0 heterocycles. The number of hydrogen-bond donors (Lipinski definition) is 1. The van der Waals surface area contributed by atoms with Crippen molar-refractivity contribution in [2.24, 2.45) is 5.92 Å². The third-order valence-electron chi connectivity index (χ3n) is 2.33. The van der Waals surface area contributed by atoms with Gasteiger partial charge in [0.25, 0.3) is 0 Å². The van der Waals surface area contributed by atoms with E-state index >= 15 is 0 Å². The largest absolute Gasteiger partial charge is 2.00 e. The van der Waals surface area contributed by atoms with Gasteiger partial charge in [-0.3, -0.25) is 0 Å². The molecule has 0 spiro atoms. The summed E-state index contributed by atoms with van der Waals surface area (Å²) in [7, 11) is 0. The normalized spacial score (nSPS) is 12.6. The summed E-state index contributed by atoms with van der Waals surface area (Å²) in [5, 5.41) is 7.51. The topological polar surface area (TPSA) is 33.1 Å². The van der Waals surface area contributed by atoms with Crippen molar-refractivity contribution >= 4 is 5.71 Å². The molecule has 1 aliphatic rings. The first-order chi connectivity index (χ1) is 6.76. The monoisotopic (exact) mass is 687 g/mol. The molecule has 1 saturated carbocycles. The number of rotatable bonds is 5. The Morgan fingerprint density at radius 1 is 1.12 bits per heavy atom. The van der Waals surface area contributed by atoms with E-state index in [4.69, 9.17) is 5.41 Å². The molecule has 0 amide bonds. The predicted octanol–water partition coefficient (Wildman–Crippen LogP) is 3.54. The van der Waals surface area contributed by atoms with Gasteiger partial charge in [-0.2, -0.15) is 6.42 Å². The van der Waals surface area contributed by atoms with Crippen LogP contribution in [0.4, 0.5) is 0 Å². The Bertz CT molecular complexity index is 148. The molecular weight excluding hydrogens is 662 g/mol. The summed E-state index contributed by atoms with van der Waals surface area (Å²) in [5.74, 6) is 0.645. The van der Waals surface area contributed by atoms with Gasteiger partial charge in [-0.05, 0) is 25.2 Å². The number of ether oxygens (including phenoxy) is 1. The van der Waals surface area contributed by atoms with E-state index in [0.717, 1.165) is 18.6 Å². The maximum absolute atomic E-state index is 7.51. The van der Waals surface area contributed by atoms with Crippen LogP contribution in [0.25, 0.3) is 0 Å². The first-order valence-electron chi connectivity index (χ1n) is 5.29. The molecule has 0 aromatic heterocycles. The Balaban J connectivity index is -0.0000000948. The molecule has 1 N–H and O–H groups in total. The fraction of sp³-hybridized carbons (Fsp3) is 0.615. The van der Waals surface area contributed by atoms with Crippen LogP contribution in [0.15, 0.2) is 0 Å². The van der Waals surface area contributed by atoms with Crippen LogP contribution in [0.3, 0.4) is 0 Å². The van der Waals surface area contributed by atoms with E-state index in [2.05, 4.69) is 25.5 Å². The van der Waals surface area contributed by atoms with Crippen molar-refractivity contribution in [3.63, 3.8) is 0 Å². The van der Waals surface area contributed by atoms with Gasteiger partial charge in [-0.1, -0.05) is 19.6 Å². The first kappa shape index (κ1) is 27.1.